The van der Waals surface area contributed by atoms with Gasteiger partial charge in [-0.3, -0.25) is 4.90 Å². The molecule has 2 atom stereocenters. The molecular formula is C12H20N2S. The Morgan fingerprint density at radius 2 is 2.33 bits per heavy atom. The van der Waals surface area contributed by atoms with E-state index in [-0.39, 0.29) is 0 Å². The molecule has 0 aliphatic carbocycles. The Kier molecular flexibility index (Phi) is 3.44. The monoisotopic (exact) mass is 224 g/mol. The van der Waals surface area contributed by atoms with E-state index in [1.807, 2.05) is 11.3 Å². The van der Waals surface area contributed by atoms with E-state index in [0.29, 0.717) is 12.0 Å². The molecule has 0 spiro atoms. The van der Waals surface area contributed by atoms with Crippen LogP contribution in [0, 0.1) is 5.92 Å². The molecule has 3 heteroatoms. The summed E-state index contributed by atoms with van der Waals surface area (Å²) in [4.78, 5) is 5.44. The van der Waals surface area contributed by atoms with Gasteiger partial charge in [-0.1, -0.05) is 6.92 Å². The van der Waals surface area contributed by atoms with Crippen LogP contribution in [0.15, 0.2) is 12.1 Å². The zero-order chi connectivity index (χ0) is 10.8. The molecule has 84 valence electrons. The number of likely N-dealkylation sites (tertiary alicyclic amines) is 1. The fourth-order valence-corrected chi connectivity index (χ4v) is 3.68. The second-order valence-corrected chi connectivity index (χ2v) is 5.57. The summed E-state index contributed by atoms with van der Waals surface area (Å²) in [5.41, 5.74) is 5.84. The largest absolute Gasteiger partial charge is 0.330 e. The smallest absolute Gasteiger partial charge is 0.0479 e. The Balaban J connectivity index is 2.20. The maximum atomic E-state index is 5.84. The van der Waals surface area contributed by atoms with Crippen LogP contribution < -0.4 is 5.73 Å². The van der Waals surface area contributed by atoms with Gasteiger partial charge in [0.25, 0.3) is 0 Å². The first-order valence-electron chi connectivity index (χ1n) is 5.75. The molecule has 0 aromatic carbocycles. The predicted octanol–water partition coefficient (Wildman–Crippen LogP) is 2.26. The third kappa shape index (κ3) is 2.10. The second kappa shape index (κ2) is 4.64. The average Bonchev–Trinajstić information content (AvgIpc) is 2.83. The lowest BCUT2D eigenvalue weighted by Crippen LogP contribution is -2.24. The first-order chi connectivity index (χ1) is 7.26. The number of nitrogens with zero attached hydrogens (tertiary/aromatic N) is 1. The molecule has 2 N–H and O–H groups in total. The van der Waals surface area contributed by atoms with Gasteiger partial charge < -0.3 is 5.73 Å². The summed E-state index contributed by atoms with van der Waals surface area (Å²) in [6, 6.07) is 5.12. The van der Waals surface area contributed by atoms with Gasteiger partial charge in [0.1, 0.15) is 0 Å². The Morgan fingerprint density at radius 1 is 1.53 bits per heavy atom. The SMILES string of the molecule is CCc1ccc(C2C(CN)CCN2C)s1. The quantitative estimate of drug-likeness (QED) is 0.853. The van der Waals surface area contributed by atoms with Gasteiger partial charge in [0, 0.05) is 15.8 Å². The summed E-state index contributed by atoms with van der Waals surface area (Å²) in [6.45, 7) is 4.22. The molecule has 1 aliphatic heterocycles. The number of hydrogen-bond acceptors (Lipinski definition) is 3. The number of rotatable bonds is 3. The van der Waals surface area contributed by atoms with Crippen LogP contribution in [-0.4, -0.2) is 25.0 Å². The lowest BCUT2D eigenvalue weighted by Gasteiger charge is -2.22. The molecule has 15 heavy (non-hydrogen) atoms. The van der Waals surface area contributed by atoms with Crippen LogP contribution in [0.2, 0.25) is 0 Å². The van der Waals surface area contributed by atoms with Crippen molar-refractivity contribution in [1.82, 2.24) is 4.90 Å². The standard InChI is InChI=1S/C12H20N2S/c1-3-10-4-5-11(15-10)12-9(8-13)6-7-14(12)2/h4-5,9,12H,3,6-8,13H2,1-2H3. The van der Waals surface area contributed by atoms with Crippen molar-refractivity contribution in [3.05, 3.63) is 21.9 Å². The Labute approximate surface area is 96.1 Å². The van der Waals surface area contributed by atoms with Gasteiger partial charge in [-0.25, -0.2) is 0 Å². The molecule has 1 aliphatic rings. The molecule has 2 unspecified atom stereocenters. The highest BCUT2D eigenvalue weighted by Crippen LogP contribution is 2.38. The number of aryl methyl sites for hydroxylation is 1. The molecule has 0 bridgehead atoms. The summed E-state index contributed by atoms with van der Waals surface area (Å²) < 4.78 is 0. The minimum absolute atomic E-state index is 0.570. The lowest BCUT2D eigenvalue weighted by molar-refractivity contribution is 0.284. The minimum Gasteiger partial charge on any atom is -0.330 e. The summed E-state index contributed by atoms with van der Waals surface area (Å²) in [5, 5.41) is 0. The molecule has 1 aromatic heterocycles. The van der Waals surface area contributed by atoms with Crippen molar-refractivity contribution >= 4 is 11.3 Å². The maximum absolute atomic E-state index is 5.84. The molecular weight excluding hydrogens is 204 g/mol. The topological polar surface area (TPSA) is 29.3 Å². The molecule has 0 saturated carbocycles. The van der Waals surface area contributed by atoms with Crippen LogP contribution in [0.3, 0.4) is 0 Å². The highest BCUT2D eigenvalue weighted by Gasteiger charge is 2.32. The van der Waals surface area contributed by atoms with Crippen molar-refractivity contribution in [1.29, 1.82) is 0 Å². The van der Waals surface area contributed by atoms with Crippen molar-refractivity contribution in [2.75, 3.05) is 20.1 Å². The highest BCUT2D eigenvalue weighted by atomic mass is 32.1. The van der Waals surface area contributed by atoms with Crippen molar-refractivity contribution in [3.63, 3.8) is 0 Å². The van der Waals surface area contributed by atoms with Crippen LogP contribution >= 0.6 is 11.3 Å². The number of hydrogen-bond donors (Lipinski definition) is 1. The number of nitrogens with two attached hydrogens (primary N) is 1. The Morgan fingerprint density at radius 3 is 2.93 bits per heavy atom. The van der Waals surface area contributed by atoms with E-state index >= 15 is 0 Å². The van der Waals surface area contributed by atoms with Crippen molar-refractivity contribution < 1.29 is 0 Å². The van der Waals surface area contributed by atoms with Crippen LogP contribution in [0.5, 0.6) is 0 Å². The summed E-state index contributed by atoms with van der Waals surface area (Å²) in [7, 11) is 2.21. The zero-order valence-electron chi connectivity index (χ0n) is 9.57. The van der Waals surface area contributed by atoms with Gasteiger partial charge in [0.15, 0.2) is 0 Å². The molecule has 2 rings (SSSR count). The Bertz CT molecular complexity index is 321. The van der Waals surface area contributed by atoms with Gasteiger partial charge in [-0.05, 0) is 51.0 Å². The molecule has 1 fully saturated rings. The van der Waals surface area contributed by atoms with E-state index in [4.69, 9.17) is 5.73 Å². The van der Waals surface area contributed by atoms with E-state index in [9.17, 15) is 0 Å². The molecule has 1 aromatic rings. The van der Waals surface area contributed by atoms with Gasteiger partial charge >= 0.3 is 0 Å². The average molecular weight is 224 g/mol. The van der Waals surface area contributed by atoms with Crippen molar-refractivity contribution in [2.24, 2.45) is 11.7 Å². The zero-order valence-corrected chi connectivity index (χ0v) is 10.4. The van der Waals surface area contributed by atoms with Crippen LogP contribution in [0.4, 0.5) is 0 Å². The first-order valence-corrected chi connectivity index (χ1v) is 6.56. The molecule has 0 amide bonds. The minimum atomic E-state index is 0.570. The first kappa shape index (κ1) is 11.1. The third-order valence-electron chi connectivity index (χ3n) is 3.40. The van der Waals surface area contributed by atoms with Crippen LogP contribution in [0.25, 0.3) is 0 Å². The van der Waals surface area contributed by atoms with Crippen molar-refractivity contribution in [2.45, 2.75) is 25.8 Å². The molecule has 1 saturated heterocycles. The second-order valence-electron chi connectivity index (χ2n) is 4.37. The molecule has 0 radical (unpaired) electrons. The summed E-state index contributed by atoms with van der Waals surface area (Å²) in [5.74, 6) is 0.651. The summed E-state index contributed by atoms with van der Waals surface area (Å²) in [6.07, 6.45) is 2.39. The third-order valence-corrected chi connectivity index (χ3v) is 4.70. The highest BCUT2D eigenvalue weighted by molar-refractivity contribution is 7.12. The van der Waals surface area contributed by atoms with Gasteiger partial charge in [0.2, 0.25) is 0 Å². The fraction of sp³-hybridized carbons (Fsp3) is 0.667. The van der Waals surface area contributed by atoms with E-state index in [0.717, 1.165) is 13.0 Å². The molecule has 2 nitrogen and oxygen atoms in total. The molecule has 2 heterocycles. The van der Waals surface area contributed by atoms with E-state index in [1.165, 1.54) is 22.7 Å². The lowest BCUT2D eigenvalue weighted by atomic mass is 9.99. The van der Waals surface area contributed by atoms with E-state index in [2.05, 4.69) is 31.0 Å². The normalized spacial score (nSPS) is 27.4. The van der Waals surface area contributed by atoms with E-state index < -0.39 is 0 Å². The number of thiophene rings is 1. The van der Waals surface area contributed by atoms with Gasteiger partial charge in [0.05, 0.1) is 0 Å². The summed E-state index contributed by atoms with van der Waals surface area (Å²) >= 11 is 1.96. The predicted molar refractivity (Wildman–Crippen MR) is 66.2 cm³/mol. The van der Waals surface area contributed by atoms with Crippen LogP contribution in [0.1, 0.15) is 29.1 Å². The van der Waals surface area contributed by atoms with E-state index in [1.54, 1.807) is 0 Å². The van der Waals surface area contributed by atoms with Gasteiger partial charge in [-0.15, -0.1) is 11.3 Å². The van der Waals surface area contributed by atoms with Crippen molar-refractivity contribution in [3.8, 4) is 0 Å². The Hall–Kier alpha value is -0.380. The van der Waals surface area contributed by atoms with Gasteiger partial charge in [-0.2, -0.15) is 0 Å². The maximum Gasteiger partial charge on any atom is 0.0479 e. The fourth-order valence-electron chi connectivity index (χ4n) is 2.47. The van der Waals surface area contributed by atoms with Crippen LogP contribution in [-0.2, 0) is 6.42 Å².